The molecule has 0 atom stereocenters. The van der Waals surface area contributed by atoms with Crippen molar-refractivity contribution >= 4 is 53.9 Å². The lowest BCUT2D eigenvalue weighted by atomic mass is 9.89. The maximum atomic E-state index is 2.41. The number of nitrogens with zero attached hydrogens (tertiary/aromatic N) is 1. The van der Waals surface area contributed by atoms with Crippen molar-refractivity contribution in [3.63, 3.8) is 0 Å². The van der Waals surface area contributed by atoms with Crippen molar-refractivity contribution in [1.82, 2.24) is 0 Å². The predicted octanol–water partition coefficient (Wildman–Crippen LogP) is 8.25. The molecule has 0 aliphatic rings. The van der Waals surface area contributed by atoms with E-state index in [1.807, 2.05) is 0 Å². The van der Waals surface area contributed by atoms with Gasteiger partial charge in [0.1, 0.15) is 7.05 Å². The number of pyridine rings is 1. The van der Waals surface area contributed by atoms with Crippen molar-refractivity contribution < 1.29 is 4.57 Å². The minimum atomic E-state index is 1.24. The average Bonchev–Trinajstić information content (AvgIpc) is 2.89. The number of fused-ring (bicyclic) bond motifs is 9. The molecule has 0 saturated carbocycles. The van der Waals surface area contributed by atoms with Gasteiger partial charge in [0.2, 0.25) is 5.69 Å². The van der Waals surface area contributed by atoms with Crippen LogP contribution in [0.2, 0.25) is 0 Å². The Morgan fingerprint density at radius 1 is 0.441 bits per heavy atom. The topological polar surface area (TPSA) is 3.88 Å². The number of hydrogen-bond donors (Lipinski definition) is 0. The fourth-order valence-corrected chi connectivity index (χ4v) is 5.89. The molecule has 1 heterocycles. The Kier molecular flexibility index (Phi) is 4.04. The molecule has 1 heteroatoms. The van der Waals surface area contributed by atoms with Crippen molar-refractivity contribution in [3.8, 4) is 11.3 Å². The predicted molar refractivity (Wildman–Crippen MR) is 145 cm³/mol. The van der Waals surface area contributed by atoms with E-state index in [2.05, 4.69) is 128 Å². The highest BCUT2D eigenvalue weighted by Gasteiger charge is 2.21. The highest BCUT2D eigenvalue weighted by molar-refractivity contribution is 6.25. The summed E-state index contributed by atoms with van der Waals surface area (Å²) in [6.45, 7) is 2.27. The van der Waals surface area contributed by atoms with Gasteiger partial charge in [-0.1, -0.05) is 97.1 Å². The van der Waals surface area contributed by atoms with Gasteiger partial charge in [0.05, 0.1) is 10.9 Å². The van der Waals surface area contributed by atoms with Crippen molar-refractivity contribution in [3.05, 3.63) is 115 Å². The second-order valence-electron chi connectivity index (χ2n) is 9.28. The second-order valence-corrected chi connectivity index (χ2v) is 9.28. The van der Waals surface area contributed by atoms with Crippen LogP contribution in [0.15, 0.2) is 109 Å². The van der Waals surface area contributed by atoms with Gasteiger partial charge in [0, 0.05) is 11.5 Å². The molecule has 7 rings (SSSR count). The third kappa shape index (κ3) is 2.58. The summed E-state index contributed by atoms with van der Waals surface area (Å²) in [6, 6.07) is 37.6. The lowest BCUT2D eigenvalue weighted by molar-refractivity contribution is -0.659. The highest BCUT2D eigenvalue weighted by atomic mass is 14.9. The zero-order valence-corrected chi connectivity index (χ0v) is 19.3. The van der Waals surface area contributed by atoms with Gasteiger partial charge < -0.3 is 0 Å². The van der Waals surface area contributed by atoms with Crippen LogP contribution in [0.25, 0.3) is 65.1 Å². The van der Waals surface area contributed by atoms with Gasteiger partial charge in [-0.2, -0.15) is 0 Å². The Morgan fingerprint density at radius 3 is 1.38 bits per heavy atom. The molecule has 7 aromatic rings. The Balaban J connectivity index is 1.69. The van der Waals surface area contributed by atoms with Gasteiger partial charge in [-0.25, -0.2) is 4.57 Å². The highest BCUT2D eigenvalue weighted by Crippen LogP contribution is 2.40. The molecule has 0 unspecified atom stereocenters. The van der Waals surface area contributed by atoms with Crippen molar-refractivity contribution in [2.45, 2.75) is 6.92 Å². The normalized spacial score (nSPS) is 11.8. The van der Waals surface area contributed by atoms with Crippen LogP contribution in [0.3, 0.4) is 0 Å². The minimum absolute atomic E-state index is 1.24. The van der Waals surface area contributed by atoms with Crippen LogP contribution in [0.4, 0.5) is 0 Å². The molecule has 0 N–H and O–H groups in total. The first-order valence-electron chi connectivity index (χ1n) is 11.9. The van der Waals surface area contributed by atoms with Crippen LogP contribution in [-0.4, -0.2) is 0 Å². The first kappa shape index (κ1) is 19.3. The van der Waals surface area contributed by atoms with Crippen molar-refractivity contribution in [2.75, 3.05) is 0 Å². The molecule has 1 nitrogen and oxygen atoms in total. The summed E-state index contributed by atoms with van der Waals surface area (Å²) in [5.74, 6) is 0. The third-order valence-electron chi connectivity index (χ3n) is 7.45. The summed E-state index contributed by atoms with van der Waals surface area (Å²) in [5, 5.41) is 13.1. The first-order valence-corrected chi connectivity index (χ1v) is 11.9. The lowest BCUT2D eigenvalue weighted by Crippen LogP contribution is -2.30. The fourth-order valence-electron chi connectivity index (χ4n) is 5.89. The summed E-state index contributed by atoms with van der Waals surface area (Å²) in [4.78, 5) is 0. The molecule has 0 fully saturated rings. The van der Waals surface area contributed by atoms with E-state index >= 15 is 0 Å². The third-order valence-corrected chi connectivity index (χ3v) is 7.45. The van der Waals surface area contributed by atoms with Gasteiger partial charge in [0.15, 0.2) is 6.20 Å². The van der Waals surface area contributed by atoms with Crippen LogP contribution in [0.1, 0.15) is 5.56 Å². The molecule has 0 aliphatic heterocycles. The summed E-state index contributed by atoms with van der Waals surface area (Å²) in [5.41, 5.74) is 3.89. The Hall–Kier alpha value is -4.23. The maximum absolute atomic E-state index is 2.41. The summed E-state index contributed by atoms with van der Waals surface area (Å²) in [7, 11) is 2.18. The monoisotopic (exact) mass is 434 g/mol. The fraction of sp³-hybridized carbons (Fsp3) is 0.0606. The quantitative estimate of drug-likeness (QED) is 0.181. The number of aromatic nitrogens is 1. The largest absolute Gasteiger partial charge is 0.213 e. The smallest absolute Gasteiger partial charge is 0.200 e. The molecule has 0 bridgehead atoms. The van der Waals surface area contributed by atoms with E-state index in [1.54, 1.807) is 0 Å². The summed E-state index contributed by atoms with van der Waals surface area (Å²) >= 11 is 0. The minimum Gasteiger partial charge on any atom is -0.200 e. The second kappa shape index (κ2) is 7.13. The van der Waals surface area contributed by atoms with E-state index < -0.39 is 0 Å². The van der Waals surface area contributed by atoms with Gasteiger partial charge in [0.25, 0.3) is 0 Å². The van der Waals surface area contributed by atoms with Gasteiger partial charge in [-0.3, -0.25) is 0 Å². The van der Waals surface area contributed by atoms with E-state index in [0.717, 1.165) is 0 Å². The number of aryl methyl sites for hydroxylation is 2. The standard InChI is InChI=1S/C33H24N/c1-21-22-11-3-4-12-23(22)26-15-9-10-18-29(26)33(21)32-19-30-27-16-7-5-13-24(27)25-14-6-8-17-28(25)31(30)20-34(32)2/h3-20H,1-2H3/q+1. The first-order chi connectivity index (χ1) is 16.7. The van der Waals surface area contributed by atoms with Crippen LogP contribution in [0.5, 0.6) is 0 Å². The van der Waals surface area contributed by atoms with E-state index in [9.17, 15) is 0 Å². The van der Waals surface area contributed by atoms with Crippen LogP contribution in [-0.2, 0) is 7.05 Å². The van der Waals surface area contributed by atoms with Gasteiger partial charge in [-0.15, -0.1) is 0 Å². The van der Waals surface area contributed by atoms with E-state index in [1.165, 1.54) is 70.7 Å². The summed E-state index contributed by atoms with van der Waals surface area (Å²) in [6.07, 6.45) is 2.32. The number of rotatable bonds is 1. The molecule has 0 aliphatic carbocycles. The molecule has 0 radical (unpaired) electrons. The molecular weight excluding hydrogens is 410 g/mol. The molecule has 0 spiro atoms. The number of benzene rings is 6. The molecule has 1 aromatic heterocycles. The zero-order valence-electron chi connectivity index (χ0n) is 19.3. The Labute approximate surface area is 198 Å². The van der Waals surface area contributed by atoms with E-state index in [0.29, 0.717) is 0 Å². The summed E-state index contributed by atoms with van der Waals surface area (Å²) < 4.78 is 2.31. The molecule has 0 saturated heterocycles. The maximum Gasteiger partial charge on any atom is 0.213 e. The van der Waals surface area contributed by atoms with Crippen molar-refractivity contribution in [1.29, 1.82) is 0 Å². The molecular formula is C33H24N+. The van der Waals surface area contributed by atoms with E-state index in [-0.39, 0.29) is 0 Å². The Morgan fingerprint density at radius 2 is 0.824 bits per heavy atom. The van der Waals surface area contributed by atoms with Gasteiger partial charge in [-0.05, 0) is 55.6 Å². The zero-order chi connectivity index (χ0) is 22.8. The van der Waals surface area contributed by atoms with Crippen LogP contribution >= 0.6 is 0 Å². The Bertz CT molecular complexity index is 1930. The molecule has 34 heavy (non-hydrogen) atoms. The SMILES string of the molecule is Cc1c(-c2cc3c4ccccc4c4ccccc4c3c[n+]2C)c2ccccc2c2ccccc12. The molecule has 0 amide bonds. The molecule has 6 aromatic carbocycles. The average molecular weight is 435 g/mol. The van der Waals surface area contributed by atoms with E-state index in [4.69, 9.17) is 0 Å². The number of hydrogen-bond acceptors (Lipinski definition) is 0. The molecule has 160 valence electrons. The lowest BCUT2D eigenvalue weighted by Gasteiger charge is -2.15. The van der Waals surface area contributed by atoms with Crippen LogP contribution in [0, 0.1) is 6.92 Å². The van der Waals surface area contributed by atoms with Crippen LogP contribution < -0.4 is 4.57 Å². The van der Waals surface area contributed by atoms with Gasteiger partial charge >= 0.3 is 0 Å². The van der Waals surface area contributed by atoms with Crippen molar-refractivity contribution in [2.24, 2.45) is 7.05 Å².